The molecule has 2 fully saturated rings. The fourth-order valence-corrected chi connectivity index (χ4v) is 5.39. The average molecular weight is 261 g/mol. The van der Waals surface area contributed by atoms with Crippen molar-refractivity contribution in [3.63, 3.8) is 0 Å². The summed E-state index contributed by atoms with van der Waals surface area (Å²) in [7, 11) is -0.613. The molecule has 1 aliphatic heterocycles. The lowest BCUT2D eigenvalue weighted by atomic mass is 9.94. The smallest absolute Gasteiger partial charge is 0.0501 e. The summed E-state index contributed by atoms with van der Waals surface area (Å²) in [6.45, 7) is 2.05. The van der Waals surface area contributed by atoms with Crippen molar-refractivity contribution in [2.24, 2.45) is 0 Å². The Kier molecular flexibility index (Phi) is 5.17. The van der Waals surface area contributed by atoms with E-state index in [4.69, 9.17) is 0 Å². The van der Waals surface area contributed by atoms with Gasteiger partial charge in [-0.15, -0.1) is 0 Å². The first-order valence-electron chi connectivity index (χ1n) is 6.52. The van der Waals surface area contributed by atoms with Crippen LogP contribution in [0.4, 0.5) is 0 Å². The van der Waals surface area contributed by atoms with Gasteiger partial charge in [0, 0.05) is 34.4 Å². The Hall–Kier alpha value is 0.460. The third-order valence-corrected chi connectivity index (χ3v) is 6.68. The van der Waals surface area contributed by atoms with Gasteiger partial charge in [0.1, 0.15) is 0 Å². The molecule has 2 aliphatic rings. The van der Waals surface area contributed by atoms with Crippen LogP contribution in [0, 0.1) is 0 Å². The van der Waals surface area contributed by atoms with Crippen LogP contribution in [0.2, 0.25) is 0 Å². The molecule has 0 aromatic rings. The van der Waals surface area contributed by atoms with Gasteiger partial charge in [0.05, 0.1) is 5.25 Å². The highest BCUT2D eigenvalue weighted by atomic mass is 32.2. The summed E-state index contributed by atoms with van der Waals surface area (Å²) in [5, 5.41) is 4.19. The molecule has 4 atom stereocenters. The standard InChI is InChI=1S/C12H23NOS2/c1-2-16(14)12-6-4-3-5-11(12)13-10-7-8-15-9-10/h10-13H,2-9H2,1H3. The Balaban J connectivity index is 1.90. The maximum atomic E-state index is 12.0. The number of rotatable bonds is 4. The van der Waals surface area contributed by atoms with Crippen molar-refractivity contribution < 1.29 is 4.21 Å². The van der Waals surface area contributed by atoms with Crippen molar-refractivity contribution in [1.29, 1.82) is 0 Å². The molecule has 4 unspecified atom stereocenters. The second kappa shape index (κ2) is 6.41. The van der Waals surface area contributed by atoms with E-state index in [1.54, 1.807) is 0 Å². The maximum Gasteiger partial charge on any atom is 0.0501 e. The van der Waals surface area contributed by atoms with Gasteiger partial charge in [-0.2, -0.15) is 11.8 Å². The fourth-order valence-electron chi connectivity index (χ4n) is 2.78. The third-order valence-electron chi connectivity index (χ3n) is 3.70. The van der Waals surface area contributed by atoms with E-state index in [-0.39, 0.29) is 0 Å². The predicted octanol–water partition coefficient (Wildman–Crippen LogP) is 2.16. The molecule has 0 bridgehead atoms. The minimum Gasteiger partial charge on any atom is -0.309 e. The number of hydrogen-bond acceptors (Lipinski definition) is 3. The van der Waals surface area contributed by atoms with Crippen LogP contribution in [0.15, 0.2) is 0 Å². The second-order valence-electron chi connectivity index (χ2n) is 4.83. The lowest BCUT2D eigenvalue weighted by Crippen LogP contribution is -2.49. The Morgan fingerprint density at radius 2 is 2.12 bits per heavy atom. The summed E-state index contributed by atoms with van der Waals surface area (Å²) in [4.78, 5) is 0. The van der Waals surface area contributed by atoms with Crippen molar-refractivity contribution in [1.82, 2.24) is 5.32 Å². The molecule has 94 valence electrons. The largest absolute Gasteiger partial charge is 0.309 e. The molecule has 1 N–H and O–H groups in total. The molecule has 1 heterocycles. The van der Waals surface area contributed by atoms with Crippen molar-refractivity contribution in [3.8, 4) is 0 Å². The highest BCUT2D eigenvalue weighted by Gasteiger charge is 2.31. The van der Waals surface area contributed by atoms with Gasteiger partial charge in [-0.1, -0.05) is 19.8 Å². The number of thioether (sulfide) groups is 1. The number of hydrogen-bond donors (Lipinski definition) is 1. The topological polar surface area (TPSA) is 29.1 Å². The van der Waals surface area contributed by atoms with E-state index in [1.165, 1.54) is 37.2 Å². The minimum absolute atomic E-state index is 0.421. The summed E-state index contributed by atoms with van der Waals surface area (Å²) >= 11 is 2.05. The van der Waals surface area contributed by atoms with Crippen LogP contribution in [0.3, 0.4) is 0 Å². The van der Waals surface area contributed by atoms with Gasteiger partial charge in [-0.3, -0.25) is 4.21 Å². The van der Waals surface area contributed by atoms with Gasteiger partial charge < -0.3 is 5.32 Å². The van der Waals surface area contributed by atoms with E-state index in [2.05, 4.69) is 5.32 Å². The first-order chi connectivity index (χ1) is 7.81. The SMILES string of the molecule is CCS(=O)C1CCCCC1NC1CCSC1. The molecule has 16 heavy (non-hydrogen) atoms. The van der Waals surface area contributed by atoms with Crippen LogP contribution in [0.25, 0.3) is 0 Å². The Morgan fingerprint density at radius 1 is 1.31 bits per heavy atom. The normalized spacial score (nSPS) is 37.4. The summed E-state index contributed by atoms with van der Waals surface area (Å²) in [6.07, 6.45) is 6.28. The Morgan fingerprint density at radius 3 is 2.81 bits per heavy atom. The van der Waals surface area contributed by atoms with Crippen LogP contribution in [0.1, 0.15) is 39.0 Å². The lowest BCUT2D eigenvalue weighted by Gasteiger charge is -2.33. The van der Waals surface area contributed by atoms with Crippen LogP contribution in [0.5, 0.6) is 0 Å². The Labute approximate surface area is 106 Å². The zero-order valence-corrected chi connectivity index (χ0v) is 11.7. The molecule has 4 heteroatoms. The van der Waals surface area contributed by atoms with Crippen LogP contribution in [-0.2, 0) is 10.8 Å². The van der Waals surface area contributed by atoms with Crippen LogP contribution in [-0.4, -0.2) is 38.8 Å². The van der Waals surface area contributed by atoms with Crippen LogP contribution >= 0.6 is 11.8 Å². The predicted molar refractivity (Wildman–Crippen MR) is 73.6 cm³/mol. The molecule has 0 aromatic heterocycles. The van der Waals surface area contributed by atoms with E-state index >= 15 is 0 Å². The highest BCUT2D eigenvalue weighted by Crippen LogP contribution is 2.26. The Bertz CT molecular complexity index is 241. The zero-order chi connectivity index (χ0) is 11.4. The highest BCUT2D eigenvalue weighted by molar-refractivity contribution is 7.99. The van der Waals surface area contributed by atoms with Crippen molar-refractivity contribution in [2.45, 2.75) is 56.4 Å². The van der Waals surface area contributed by atoms with Crippen molar-refractivity contribution in [3.05, 3.63) is 0 Å². The first-order valence-corrected chi connectivity index (χ1v) is 9.06. The van der Waals surface area contributed by atoms with Gasteiger partial charge in [-0.05, 0) is 25.0 Å². The molecule has 2 rings (SSSR count). The molecule has 0 aromatic carbocycles. The fraction of sp³-hybridized carbons (Fsp3) is 1.00. The summed E-state index contributed by atoms with van der Waals surface area (Å²) in [6, 6.07) is 1.21. The van der Waals surface area contributed by atoms with E-state index < -0.39 is 10.8 Å². The van der Waals surface area contributed by atoms with Crippen molar-refractivity contribution in [2.75, 3.05) is 17.3 Å². The maximum absolute atomic E-state index is 12.0. The van der Waals surface area contributed by atoms with Gasteiger partial charge in [0.15, 0.2) is 0 Å². The van der Waals surface area contributed by atoms with E-state index in [9.17, 15) is 4.21 Å². The molecule has 1 saturated heterocycles. The van der Waals surface area contributed by atoms with Gasteiger partial charge in [0.25, 0.3) is 0 Å². The van der Waals surface area contributed by atoms with Gasteiger partial charge in [0.2, 0.25) is 0 Å². The van der Waals surface area contributed by atoms with E-state index in [0.717, 1.165) is 12.2 Å². The average Bonchev–Trinajstić information content (AvgIpc) is 2.82. The molecule has 1 saturated carbocycles. The number of nitrogens with one attached hydrogen (secondary N) is 1. The molecule has 0 radical (unpaired) electrons. The van der Waals surface area contributed by atoms with Gasteiger partial charge >= 0.3 is 0 Å². The van der Waals surface area contributed by atoms with E-state index in [1.807, 2.05) is 18.7 Å². The molecule has 2 nitrogen and oxygen atoms in total. The first kappa shape index (κ1) is 12.9. The summed E-state index contributed by atoms with van der Waals surface area (Å²) < 4.78 is 12.0. The summed E-state index contributed by atoms with van der Waals surface area (Å²) in [5.41, 5.74) is 0. The quantitative estimate of drug-likeness (QED) is 0.841. The lowest BCUT2D eigenvalue weighted by molar-refractivity contribution is 0.351. The molecular formula is C12H23NOS2. The monoisotopic (exact) mass is 261 g/mol. The van der Waals surface area contributed by atoms with Crippen molar-refractivity contribution >= 4 is 22.6 Å². The minimum atomic E-state index is -0.613. The van der Waals surface area contributed by atoms with Gasteiger partial charge in [-0.25, -0.2) is 0 Å². The molecule has 0 amide bonds. The molecular weight excluding hydrogens is 238 g/mol. The van der Waals surface area contributed by atoms with Crippen LogP contribution < -0.4 is 5.32 Å². The molecule has 1 aliphatic carbocycles. The second-order valence-corrected chi connectivity index (χ2v) is 7.92. The summed E-state index contributed by atoms with van der Waals surface area (Å²) in [5.74, 6) is 3.37. The molecule has 0 spiro atoms. The van der Waals surface area contributed by atoms with E-state index in [0.29, 0.717) is 17.3 Å². The zero-order valence-electron chi connectivity index (χ0n) is 10.1. The third kappa shape index (κ3) is 3.23.